The fourth-order valence-electron chi connectivity index (χ4n) is 10.5. The second-order valence-electron chi connectivity index (χ2n) is 26.7. The van der Waals surface area contributed by atoms with Crippen LogP contribution in [0.4, 0.5) is 0 Å². The molecule has 17 nitrogen and oxygen atoms in total. The molecule has 0 bridgehead atoms. The van der Waals surface area contributed by atoms with Crippen LogP contribution < -0.4 is 0 Å². The van der Waals surface area contributed by atoms with Gasteiger partial charge in [-0.1, -0.05) is 299 Å². The van der Waals surface area contributed by atoms with Crippen LogP contribution in [0.25, 0.3) is 0 Å². The lowest BCUT2D eigenvalue weighted by Gasteiger charge is -2.21. The van der Waals surface area contributed by atoms with E-state index in [1.807, 2.05) is 0 Å². The highest BCUT2D eigenvalue weighted by molar-refractivity contribution is 7.47. The Morgan fingerprint density at radius 1 is 0.303 bits per heavy atom. The summed E-state index contributed by atoms with van der Waals surface area (Å²) in [4.78, 5) is 72.4. The molecular formula is C70H136O17P2. The molecule has 0 aliphatic rings. The lowest BCUT2D eigenvalue weighted by Crippen LogP contribution is -2.30. The second kappa shape index (κ2) is 61.0. The van der Waals surface area contributed by atoms with Crippen LogP contribution in [0.1, 0.15) is 350 Å². The molecule has 0 aromatic carbocycles. The number of ether oxygens (including phenoxy) is 4. The minimum atomic E-state index is -4.95. The predicted octanol–water partition coefficient (Wildman–Crippen LogP) is 19.8. The van der Waals surface area contributed by atoms with E-state index in [-0.39, 0.29) is 25.7 Å². The molecule has 0 fully saturated rings. The Morgan fingerprint density at radius 3 is 0.764 bits per heavy atom. The molecule has 0 aromatic rings. The zero-order valence-electron chi connectivity index (χ0n) is 57.9. The van der Waals surface area contributed by atoms with Crippen LogP contribution in [0.15, 0.2) is 0 Å². The third-order valence-corrected chi connectivity index (χ3v) is 18.0. The van der Waals surface area contributed by atoms with E-state index in [4.69, 9.17) is 37.0 Å². The minimum Gasteiger partial charge on any atom is -0.462 e. The summed E-state index contributed by atoms with van der Waals surface area (Å²) in [7, 11) is -9.90. The Kier molecular flexibility index (Phi) is 59.6. The van der Waals surface area contributed by atoms with Crippen molar-refractivity contribution in [1.29, 1.82) is 0 Å². The fourth-order valence-corrected chi connectivity index (χ4v) is 12.1. The molecule has 0 aliphatic carbocycles. The Balaban J connectivity index is 5.21. The van der Waals surface area contributed by atoms with Crippen LogP contribution in [-0.2, 0) is 65.4 Å². The van der Waals surface area contributed by atoms with Crippen LogP contribution in [0, 0.1) is 17.8 Å². The predicted molar refractivity (Wildman–Crippen MR) is 358 cm³/mol. The number of phosphoric acid groups is 2. The molecule has 2 unspecified atom stereocenters. The van der Waals surface area contributed by atoms with Gasteiger partial charge in [0.1, 0.15) is 19.3 Å². The molecule has 0 spiro atoms. The summed E-state index contributed by atoms with van der Waals surface area (Å²) in [5, 5.41) is 10.6. The topological polar surface area (TPSA) is 237 Å². The van der Waals surface area contributed by atoms with Crippen LogP contribution in [0.2, 0.25) is 0 Å². The molecule has 0 radical (unpaired) electrons. The highest BCUT2D eigenvalue weighted by Crippen LogP contribution is 2.45. The number of aliphatic hydroxyl groups is 1. The molecule has 0 rings (SSSR count). The maximum atomic E-state index is 13.0. The monoisotopic (exact) mass is 1310 g/mol. The molecule has 5 atom stereocenters. The smallest absolute Gasteiger partial charge is 0.462 e. The molecular weight excluding hydrogens is 1170 g/mol. The van der Waals surface area contributed by atoms with E-state index in [2.05, 4.69) is 48.5 Å². The molecule has 0 amide bonds. The van der Waals surface area contributed by atoms with E-state index in [0.717, 1.165) is 120 Å². The largest absolute Gasteiger partial charge is 0.472 e. The van der Waals surface area contributed by atoms with Crippen molar-refractivity contribution in [3.05, 3.63) is 0 Å². The zero-order chi connectivity index (χ0) is 65.9. The van der Waals surface area contributed by atoms with Crippen LogP contribution in [0.3, 0.4) is 0 Å². The maximum Gasteiger partial charge on any atom is 0.472 e. The number of aliphatic hydroxyl groups excluding tert-OH is 1. The van der Waals surface area contributed by atoms with Gasteiger partial charge in [0.05, 0.1) is 26.4 Å². The highest BCUT2D eigenvalue weighted by Gasteiger charge is 2.30. The number of phosphoric ester groups is 2. The van der Waals surface area contributed by atoms with E-state index in [0.29, 0.717) is 25.7 Å². The van der Waals surface area contributed by atoms with Crippen molar-refractivity contribution < 1.29 is 80.2 Å². The summed E-state index contributed by atoms with van der Waals surface area (Å²) in [6, 6.07) is 0. The first-order valence-corrected chi connectivity index (χ1v) is 39.3. The van der Waals surface area contributed by atoms with E-state index in [9.17, 15) is 43.2 Å². The van der Waals surface area contributed by atoms with Crippen LogP contribution >= 0.6 is 15.6 Å². The van der Waals surface area contributed by atoms with E-state index in [1.54, 1.807) is 0 Å². The number of hydrogen-bond donors (Lipinski definition) is 3. The Hall–Kier alpha value is -1.94. The second-order valence-corrected chi connectivity index (χ2v) is 29.6. The summed E-state index contributed by atoms with van der Waals surface area (Å²) in [6.45, 7) is 11.8. The molecule has 19 heteroatoms. The standard InChI is InChI=1S/C70H136O17P2/c1-8-9-10-11-27-37-44-51-67(72)80-57-65(87-70(75)54-47-40-33-26-25-30-36-43-50-63(6)7)59-84-88(76,77)82-55-64(71)56-83-89(78,79)85-60-66(58-81-68(73)52-45-38-31-23-19-16-15-18-22-29-35-42-49-62(4)5)86-69(74)53-46-39-32-24-20-14-12-13-17-21-28-34-41-48-61(2)3/h61-66,71H,8-60H2,1-7H3,(H,76,77)(H,78,79)/t64-,65+,66+/m0/s1. The summed E-state index contributed by atoms with van der Waals surface area (Å²) in [5.74, 6) is 0.155. The minimum absolute atomic E-state index is 0.104. The first-order chi connectivity index (χ1) is 42.7. The van der Waals surface area contributed by atoms with Gasteiger partial charge in [-0.2, -0.15) is 0 Å². The molecule has 0 aliphatic heterocycles. The van der Waals surface area contributed by atoms with E-state index in [1.165, 1.54) is 148 Å². The summed E-state index contributed by atoms with van der Waals surface area (Å²) < 4.78 is 68.2. The summed E-state index contributed by atoms with van der Waals surface area (Å²) in [6.07, 6.45) is 44.6. The SMILES string of the molecule is CCCCCCCCCC(=O)OC[C@H](COP(=O)(O)OC[C@H](O)COP(=O)(O)OC[C@@H](COC(=O)CCCCCCCCCCCCCCC(C)C)OC(=O)CCCCCCCCCCCCCCCC(C)C)OC(=O)CCCCCCCCCCC(C)C. The third-order valence-electron chi connectivity index (χ3n) is 16.1. The molecule has 0 heterocycles. The van der Waals surface area contributed by atoms with Crippen LogP contribution in [0.5, 0.6) is 0 Å². The molecule has 0 saturated carbocycles. The number of carbonyl (C=O) groups excluding carboxylic acids is 4. The fraction of sp³-hybridized carbons (Fsp3) is 0.943. The molecule has 3 N–H and O–H groups in total. The van der Waals surface area contributed by atoms with Crippen molar-refractivity contribution in [3.63, 3.8) is 0 Å². The van der Waals surface area contributed by atoms with Crippen molar-refractivity contribution in [2.75, 3.05) is 39.6 Å². The third kappa shape index (κ3) is 64.6. The number of carbonyl (C=O) groups is 4. The van der Waals surface area contributed by atoms with Crippen molar-refractivity contribution >= 4 is 39.5 Å². The molecule has 89 heavy (non-hydrogen) atoms. The lowest BCUT2D eigenvalue weighted by molar-refractivity contribution is -0.161. The van der Waals surface area contributed by atoms with Gasteiger partial charge < -0.3 is 33.8 Å². The first kappa shape index (κ1) is 87.1. The van der Waals surface area contributed by atoms with Gasteiger partial charge in [0.15, 0.2) is 12.2 Å². The summed E-state index contributed by atoms with van der Waals surface area (Å²) in [5.41, 5.74) is 0. The first-order valence-electron chi connectivity index (χ1n) is 36.3. The number of esters is 4. The lowest BCUT2D eigenvalue weighted by atomic mass is 10.0. The average molecular weight is 1310 g/mol. The number of hydrogen-bond acceptors (Lipinski definition) is 15. The Bertz CT molecular complexity index is 1750. The summed E-state index contributed by atoms with van der Waals surface area (Å²) >= 11 is 0. The van der Waals surface area contributed by atoms with Crippen molar-refractivity contribution in [2.24, 2.45) is 17.8 Å². The van der Waals surface area contributed by atoms with E-state index >= 15 is 0 Å². The molecule has 528 valence electrons. The van der Waals surface area contributed by atoms with Gasteiger partial charge in [-0.25, -0.2) is 9.13 Å². The number of rotatable bonds is 68. The van der Waals surface area contributed by atoms with E-state index < -0.39 is 97.5 Å². The van der Waals surface area contributed by atoms with Crippen molar-refractivity contribution in [3.8, 4) is 0 Å². The van der Waals surface area contributed by atoms with Gasteiger partial charge >= 0.3 is 39.5 Å². The Morgan fingerprint density at radius 2 is 0.517 bits per heavy atom. The van der Waals surface area contributed by atoms with Gasteiger partial charge in [-0.15, -0.1) is 0 Å². The normalized spacial score (nSPS) is 14.2. The zero-order valence-corrected chi connectivity index (χ0v) is 59.7. The highest BCUT2D eigenvalue weighted by atomic mass is 31.2. The van der Waals surface area contributed by atoms with Crippen molar-refractivity contribution in [1.82, 2.24) is 0 Å². The van der Waals surface area contributed by atoms with Crippen LogP contribution in [-0.4, -0.2) is 96.7 Å². The Labute approximate surface area is 543 Å². The maximum absolute atomic E-state index is 13.0. The van der Waals surface area contributed by atoms with Gasteiger partial charge in [-0.3, -0.25) is 37.3 Å². The quantitative estimate of drug-likeness (QED) is 0.0222. The van der Waals surface area contributed by atoms with Gasteiger partial charge in [-0.05, 0) is 43.4 Å². The number of unbranched alkanes of at least 4 members (excludes halogenated alkanes) is 36. The van der Waals surface area contributed by atoms with Gasteiger partial charge in [0.2, 0.25) is 0 Å². The molecule has 0 saturated heterocycles. The molecule has 0 aromatic heterocycles. The average Bonchev–Trinajstić information content (AvgIpc) is 3.70. The van der Waals surface area contributed by atoms with Crippen molar-refractivity contribution in [2.45, 2.75) is 369 Å². The van der Waals surface area contributed by atoms with Gasteiger partial charge in [0, 0.05) is 25.7 Å². The van der Waals surface area contributed by atoms with Gasteiger partial charge in [0.25, 0.3) is 0 Å².